The van der Waals surface area contributed by atoms with Crippen molar-refractivity contribution < 1.29 is 28.5 Å². The molecule has 2 aliphatic rings. The van der Waals surface area contributed by atoms with Crippen molar-refractivity contribution in [1.29, 1.82) is 0 Å². The van der Waals surface area contributed by atoms with E-state index in [1.54, 1.807) is 9.80 Å². The molecule has 2 amide bonds. The highest BCUT2D eigenvalue weighted by atomic mass is 32.1. The van der Waals surface area contributed by atoms with Crippen molar-refractivity contribution in [3.05, 3.63) is 129 Å². The fraction of sp³-hybridized carbons (Fsp3) is 0.304. The standard InChI is InChI=1S/C46H46N4O6S2/c1-28-18-20-34(21-19-28)49(39(51)25-53-36-16-10-13-32-22-45(5,6)55-41(32)36)44-48-31(4)38(58-44)24-46(7)23-33-14-11-17-37(42(33)56-46)54-26-40(52)50(43-47-30(3)27-57-43)35-15-9-8-12-29(35)2/h8-21,27H,22-26H2,1-7H3. The van der Waals surface area contributed by atoms with Crippen molar-refractivity contribution in [2.45, 2.75) is 78.9 Å². The van der Waals surface area contributed by atoms with Crippen molar-refractivity contribution >= 4 is 56.1 Å². The highest BCUT2D eigenvalue weighted by molar-refractivity contribution is 7.16. The molecule has 8 rings (SSSR count). The Kier molecular flexibility index (Phi) is 10.5. The molecule has 1 unspecified atom stereocenters. The van der Waals surface area contributed by atoms with E-state index in [4.69, 9.17) is 23.9 Å². The number of nitrogens with zero attached hydrogens (tertiary/aromatic N) is 4. The molecule has 0 bridgehead atoms. The van der Waals surface area contributed by atoms with Crippen LogP contribution in [0.1, 0.15) is 59.3 Å². The van der Waals surface area contributed by atoms with Crippen molar-refractivity contribution in [2.75, 3.05) is 23.0 Å². The lowest BCUT2D eigenvalue weighted by Gasteiger charge is -2.24. The number of anilines is 4. The van der Waals surface area contributed by atoms with Gasteiger partial charge in [0.05, 0.1) is 22.8 Å². The number of carbonyl (C=O) groups excluding carboxylic acids is 2. The molecule has 2 aromatic heterocycles. The molecule has 298 valence electrons. The van der Waals surface area contributed by atoms with Gasteiger partial charge in [0.25, 0.3) is 11.8 Å². The molecule has 1 atom stereocenters. The monoisotopic (exact) mass is 814 g/mol. The van der Waals surface area contributed by atoms with E-state index in [9.17, 15) is 9.59 Å². The number of amides is 2. The van der Waals surface area contributed by atoms with Crippen molar-refractivity contribution in [2.24, 2.45) is 0 Å². The van der Waals surface area contributed by atoms with Gasteiger partial charge < -0.3 is 18.9 Å². The molecule has 0 saturated heterocycles. The summed E-state index contributed by atoms with van der Waals surface area (Å²) in [4.78, 5) is 41.8. The third-order valence-electron chi connectivity index (χ3n) is 10.3. The first-order valence-corrected chi connectivity index (χ1v) is 21.0. The van der Waals surface area contributed by atoms with Gasteiger partial charge in [-0.1, -0.05) is 60.2 Å². The van der Waals surface area contributed by atoms with Gasteiger partial charge in [-0.25, -0.2) is 9.97 Å². The topological polar surface area (TPSA) is 103 Å². The summed E-state index contributed by atoms with van der Waals surface area (Å²) < 4.78 is 25.3. The molecule has 10 nitrogen and oxygen atoms in total. The average Bonchev–Trinajstić information content (AvgIpc) is 3.94. The van der Waals surface area contributed by atoms with Gasteiger partial charge in [-0.3, -0.25) is 19.4 Å². The summed E-state index contributed by atoms with van der Waals surface area (Å²) in [6, 6.07) is 27.2. The Morgan fingerprint density at radius 3 is 2.02 bits per heavy atom. The molecule has 0 N–H and O–H groups in total. The van der Waals surface area contributed by atoms with Gasteiger partial charge in [-0.2, -0.15) is 0 Å². The Bertz CT molecular complexity index is 2510. The fourth-order valence-electron chi connectivity index (χ4n) is 7.49. The van der Waals surface area contributed by atoms with Crippen LogP contribution >= 0.6 is 22.7 Å². The summed E-state index contributed by atoms with van der Waals surface area (Å²) >= 11 is 2.89. The predicted octanol–water partition coefficient (Wildman–Crippen LogP) is 9.97. The molecule has 0 saturated carbocycles. The molecule has 4 aromatic carbocycles. The molecular weight excluding hydrogens is 769 g/mol. The molecule has 6 aromatic rings. The van der Waals surface area contributed by atoms with Crippen LogP contribution < -0.4 is 28.7 Å². The Balaban J connectivity index is 0.991. The van der Waals surface area contributed by atoms with Crippen molar-refractivity contribution in [3.8, 4) is 23.0 Å². The Morgan fingerprint density at radius 2 is 1.36 bits per heavy atom. The molecule has 0 aliphatic carbocycles. The summed E-state index contributed by atoms with van der Waals surface area (Å²) in [7, 11) is 0. The van der Waals surface area contributed by atoms with Crippen LogP contribution in [-0.4, -0.2) is 46.2 Å². The Morgan fingerprint density at radius 1 is 0.724 bits per heavy atom. The van der Waals surface area contributed by atoms with Gasteiger partial charge in [0.1, 0.15) is 11.2 Å². The van der Waals surface area contributed by atoms with Gasteiger partial charge in [0, 0.05) is 40.6 Å². The van der Waals surface area contributed by atoms with Gasteiger partial charge in [0.2, 0.25) is 0 Å². The number of fused-ring (bicyclic) bond motifs is 2. The number of ether oxygens (including phenoxy) is 4. The second-order valence-electron chi connectivity index (χ2n) is 15.9. The summed E-state index contributed by atoms with van der Waals surface area (Å²) in [6.45, 7) is 13.6. The normalized spacial score (nSPS) is 16.2. The van der Waals surface area contributed by atoms with Crippen LogP contribution in [0.3, 0.4) is 0 Å². The van der Waals surface area contributed by atoms with Gasteiger partial charge in [0.15, 0.2) is 46.5 Å². The molecular formula is C46H46N4O6S2. The predicted molar refractivity (Wildman–Crippen MR) is 229 cm³/mol. The number of rotatable bonds is 12. The van der Waals surface area contributed by atoms with Crippen LogP contribution in [0.5, 0.6) is 23.0 Å². The molecule has 0 spiro atoms. The lowest BCUT2D eigenvalue weighted by molar-refractivity contribution is -0.120. The first-order valence-electron chi connectivity index (χ1n) is 19.3. The van der Waals surface area contributed by atoms with Crippen molar-refractivity contribution in [1.82, 2.24) is 9.97 Å². The van der Waals surface area contributed by atoms with Crippen LogP contribution in [0, 0.1) is 27.7 Å². The maximum atomic E-state index is 14.1. The van der Waals surface area contributed by atoms with E-state index in [1.165, 1.54) is 22.7 Å². The molecule has 0 fully saturated rings. The second kappa shape index (κ2) is 15.6. The van der Waals surface area contributed by atoms with E-state index in [1.807, 2.05) is 132 Å². The number of aryl methyl sites for hydroxylation is 4. The summed E-state index contributed by atoms with van der Waals surface area (Å²) in [5.41, 5.74) is 6.26. The van der Waals surface area contributed by atoms with Crippen LogP contribution in [-0.2, 0) is 28.9 Å². The van der Waals surface area contributed by atoms with Crippen LogP contribution in [0.15, 0.2) is 90.3 Å². The lowest BCUT2D eigenvalue weighted by Crippen LogP contribution is -2.33. The molecule has 2 aliphatic heterocycles. The molecule has 12 heteroatoms. The van der Waals surface area contributed by atoms with Gasteiger partial charge in [-0.15, -0.1) is 22.7 Å². The largest absolute Gasteiger partial charge is 0.483 e. The minimum Gasteiger partial charge on any atom is -0.483 e. The first kappa shape index (κ1) is 39.1. The second-order valence-corrected chi connectivity index (χ2v) is 17.8. The number of carbonyl (C=O) groups is 2. The van der Waals surface area contributed by atoms with Crippen molar-refractivity contribution in [3.63, 3.8) is 0 Å². The van der Waals surface area contributed by atoms with Gasteiger partial charge in [-0.05, 0) is 84.4 Å². The molecule has 58 heavy (non-hydrogen) atoms. The summed E-state index contributed by atoms with van der Waals surface area (Å²) in [5, 5.41) is 3.08. The number of hydrogen-bond acceptors (Lipinski definition) is 10. The van der Waals surface area contributed by atoms with E-state index in [0.717, 1.165) is 50.6 Å². The van der Waals surface area contributed by atoms with Crippen LogP contribution in [0.4, 0.5) is 21.6 Å². The zero-order valence-electron chi connectivity index (χ0n) is 33.8. The molecule has 4 heterocycles. The van der Waals surface area contributed by atoms with E-state index in [-0.39, 0.29) is 30.6 Å². The molecule has 0 radical (unpaired) electrons. The zero-order chi connectivity index (χ0) is 40.8. The van der Waals surface area contributed by atoms with E-state index in [0.29, 0.717) is 51.8 Å². The number of benzene rings is 4. The maximum Gasteiger partial charge on any atom is 0.271 e. The Hall–Kier alpha value is -5.72. The van der Waals surface area contributed by atoms with E-state index >= 15 is 0 Å². The fourth-order valence-corrected chi connectivity index (χ4v) is 9.60. The Labute approximate surface area is 347 Å². The maximum absolute atomic E-state index is 14.1. The lowest BCUT2D eigenvalue weighted by atomic mass is 9.94. The average molecular weight is 815 g/mol. The minimum atomic E-state index is -0.630. The summed E-state index contributed by atoms with van der Waals surface area (Å²) in [6.07, 6.45) is 1.94. The number of thiazole rings is 2. The third kappa shape index (κ3) is 8.03. The highest BCUT2D eigenvalue weighted by Crippen LogP contribution is 2.46. The first-order chi connectivity index (χ1) is 27.8. The zero-order valence-corrected chi connectivity index (χ0v) is 35.4. The smallest absolute Gasteiger partial charge is 0.271 e. The quantitative estimate of drug-likeness (QED) is 0.120. The highest BCUT2D eigenvalue weighted by Gasteiger charge is 2.39. The van der Waals surface area contributed by atoms with E-state index in [2.05, 4.69) is 11.9 Å². The SMILES string of the molecule is Cc1ccc(N(C(=O)COc2cccc3c2OC(C)(C)C3)c2nc(C)c(CC3(C)Cc4cccc(OCC(=O)N(c5nc(C)cs5)c5ccccc5C)c4O3)s2)cc1. The van der Waals surface area contributed by atoms with Crippen LogP contribution in [0.25, 0.3) is 0 Å². The van der Waals surface area contributed by atoms with Crippen LogP contribution in [0.2, 0.25) is 0 Å². The number of aromatic nitrogens is 2. The van der Waals surface area contributed by atoms with Gasteiger partial charge >= 0.3 is 0 Å². The summed E-state index contributed by atoms with van der Waals surface area (Å²) in [5.74, 6) is 1.88. The minimum absolute atomic E-state index is 0.199. The van der Waals surface area contributed by atoms with E-state index < -0.39 is 5.60 Å². The number of para-hydroxylation sites is 3. The third-order valence-corrected chi connectivity index (χ3v) is 12.4. The number of hydrogen-bond donors (Lipinski definition) is 0.